The van der Waals surface area contributed by atoms with Gasteiger partial charge in [0.25, 0.3) is 5.91 Å². The van der Waals surface area contributed by atoms with Gasteiger partial charge < -0.3 is 24.8 Å². The highest BCUT2D eigenvalue weighted by atomic mass is 19.1. The second-order valence-electron chi connectivity index (χ2n) is 7.34. The normalized spacial score (nSPS) is 10.5. The van der Waals surface area contributed by atoms with Gasteiger partial charge in [0.1, 0.15) is 11.6 Å². The number of hydrogen-bond acceptors (Lipinski definition) is 7. The van der Waals surface area contributed by atoms with E-state index in [9.17, 15) is 18.8 Å². The Morgan fingerprint density at radius 2 is 1.68 bits per heavy atom. The predicted molar refractivity (Wildman–Crippen MR) is 135 cm³/mol. The first-order valence-corrected chi connectivity index (χ1v) is 11.1. The Morgan fingerprint density at radius 1 is 0.919 bits per heavy atom. The number of halogens is 1. The van der Waals surface area contributed by atoms with Crippen molar-refractivity contribution in [2.75, 3.05) is 31.0 Å². The molecule has 37 heavy (non-hydrogen) atoms. The summed E-state index contributed by atoms with van der Waals surface area (Å²) in [7, 11) is 1.56. The third-order valence-electron chi connectivity index (χ3n) is 4.71. The van der Waals surface area contributed by atoms with Gasteiger partial charge in [0.15, 0.2) is 18.1 Å². The fourth-order valence-electron chi connectivity index (χ4n) is 2.97. The molecule has 0 unspecified atom stereocenters. The van der Waals surface area contributed by atoms with Crippen LogP contribution < -0.4 is 30.3 Å². The van der Waals surface area contributed by atoms with E-state index in [1.165, 1.54) is 24.4 Å². The van der Waals surface area contributed by atoms with Crippen molar-refractivity contribution < 1.29 is 33.0 Å². The minimum atomic E-state index is -1.08. The molecule has 3 N–H and O–H groups in total. The van der Waals surface area contributed by atoms with Gasteiger partial charge >= 0.3 is 11.8 Å². The molecule has 0 aromatic heterocycles. The number of methoxy groups -OCH3 is 1. The van der Waals surface area contributed by atoms with Gasteiger partial charge in [0.05, 0.1) is 25.6 Å². The summed E-state index contributed by atoms with van der Waals surface area (Å²) in [4.78, 5) is 36.1. The third-order valence-corrected chi connectivity index (χ3v) is 4.71. The zero-order valence-electron chi connectivity index (χ0n) is 20.1. The van der Waals surface area contributed by atoms with Gasteiger partial charge in [0, 0.05) is 5.69 Å². The lowest BCUT2D eigenvalue weighted by atomic mass is 10.2. The zero-order chi connectivity index (χ0) is 26.6. The number of benzene rings is 3. The van der Waals surface area contributed by atoms with Crippen molar-refractivity contribution in [1.82, 2.24) is 5.43 Å². The van der Waals surface area contributed by atoms with Gasteiger partial charge in [-0.1, -0.05) is 12.1 Å². The number of para-hydroxylation sites is 1. The Hall–Kier alpha value is -4.93. The average Bonchev–Trinajstić information content (AvgIpc) is 2.90. The molecule has 0 saturated heterocycles. The Labute approximate surface area is 212 Å². The molecule has 11 heteroatoms. The van der Waals surface area contributed by atoms with Crippen LogP contribution in [0.3, 0.4) is 0 Å². The molecule has 0 saturated carbocycles. The van der Waals surface area contributed by atoms with E-state index in [2.05, 4.69) is 21.2 Å². The van der Waals surface area contributed by atoms with Crippen LogP contribution in [0.25, 0.3) is 0 Å². The summed E-state index contributed by atoms with van der Waals surface area (Å²) in [6, 6.07) is 17.1. The highest BCUT2D eigenvalue weighted by Gasteiger charge is 2.15. The molecule has 3 aromatic carbocycles. The number of nitrogens with one attached hydrogen (secondary N) is 3. The van der Waals surface area contributed by atoms with E-state index in [4.69, 9.17) is 14.2 Å². The lowest BCUT2D eigenvalue weighted by Gasteiger charge is -2.13. The van der Waals surface area contributed by atoms with Crippen LogP contribution in [0.2, 0.25) is 0 Å². The van der Waals surface area contributed by atoms with Crippen LogP contribution >= 0.6 is 0 Å². The highest BCUT2D eigenvalue weighted by molar-refractivity contribution is 6.39. The van der Waals surface area contributed by atoms with E-state index >= 15 is 0 Å². The predicted octanol–water partition coefficient (Wildman–Crippen LogP) is 3.34. The van der Waals surface area contributed by atoms with Crippen LogP contribution in [-0.2, 0) is 14.4 Å². The topological polar surface area (TPSA) is 127 Å². The van der Waals surface area contributed by atoms with E-state index in [0.717, 1.165) is 6.07 Å². The maximum absolute atomic E-state index is 13.6. The van der Waals surface area contributed by atoms with Crippen molar-refractivity contribution in [2.24, 2.45) is 5.10 Å². The molecule has 0 atom stereocenters. The van der Waals surface area contributed by atoms with Gasteiger partial charge in [-0.2, -0.15) is 5.10 Å². The van der Waals surface area contributed by atoms with Crippen molar-refractivity contribution in [1.29, 1.82) is 0 Å². The fourth-order valence-corrected chi connectivity index (χ4v) is 2.97. The van der Waals surface area contributed by atoms with Crippen molar-refractivity contribution >= 4 is 35.3 Å². The average molecular weight is 509 g/mol. The SMILES string of the molecule is CCOc1cc(/C=N\NC(=O)C(=O)Nc2ccccc2F)ccc1OCC(=O)Nc1ccc(OC)cc1. The molecule has 192 valence electrons. The molecule has 0 aliphatic rings. The molecule has 0 bridgehead atoms. The van der Waals surface area contributed by atoms with Crippen molar-refractivity contribution in [3.05, 3.63) is 78.1 Å². The van der Waals surface area contributed by atoms with Crippen LogP contribution in [0.1, 0.15) is 12.5 Å². The largest absolute Gasteiger partial charge is 0.497 e. The summed E-state index contributed by atoms with van der Waals surface area (Å²) in [5, 5.41) is 8.62. The van der Waals surface area contributed by atoms with Gasteiger partial charge in [-0.05, 0) is 67.1 Å². The minimum absolute atomic E-state index is 0.124. The van der Waals surface area contributed by atoms with E-state index in [0.29, 0.717) is 35.1 Å². The molecular weight excluding hydrogens is 483 g/mol. The Kier molecular flexibility index (Phi) is 9.54. The number of amides is 3. The van der Waals surface area contributed by atoms with E-state index in [1.54, 1.807) is 56.5 Å². The monoisotopic (exact) mass is 508 g/mol. The zero-order valence-corrected chi connectivity index (χ0v) is 20.1. The molecule has 0 fully saturated rings. The van der Waals surface area contributed by atoms with Crippen LogP contribution in [-0.4, -0.2) is 44.3 Å². The van der Waals surface area contributed by atoms with E-state index in [-0.39, 0.29) is 18.2 Å². The van der Waals surface area contributed by atoms with Gasteiger partial charge in [-0.25, -0.2) is 9.82 Å². The summed E-state index contributed by atoms with van der Waals surface area (Å²) in [6.07, 6.45) is 1.29. The van der Waals surface area contributed by atoms with Crippen molar-refractivity contribution in [3.63, 3.8) is 0 Å². The standard InChI is InChI=1S/C26H25FN4O6/c1-3-36-23-14-17(15-28-31-26(34)25(33)30-21-7-5-4-6-20(21)27)8-13-22(23)37-16-24(32)29-18-9-11-19(35-2)12-10-18/h4-15H,3,16H2,1-2H3,(H,29,32)(H,30,33)(H,31,34)/b28-15-. The van der Waals surface area contributed by atoms with E-state index in [1.807, 2.05) is 0 Å². The molecular formula is C26H25FN4O6. The smallest absolute Gasteiger partial charge is 0.329 e. The number of nitrogens with zero attached hydrogens (tertiary/aromatic N) is 1. The lowest BCUT2D eigenvalue weighted by molar-refractivity contribution is -0.136. The first-order valence-electron chi connectivity index (χ1n) is 11.1. The minimum Gasteiger partial charge on any atom is -0.497 e. The summed E-state index contributed by atoms with van der Waals surface area (Å²) in [5.41, 5.74) is 3.06. The molecule has 0 heterocycles. The highest BCUT2D eigenvalue weighted by Crippen LogP contribution is 2.28. The molecule has 3 aromatic rings. The molecule has 3 amide bonds. The summed E-state index contributed by atoms with van der Waals surface area (Å²) in [6.45, 7) is 1.87. The third kappa shape index (κ3) is 8.06. The fraction of sp³-hybridized carbons (Fsp3) is 0.154. The molecule has 0 aliphatic carbocycles. The lowest BCUT2D eigenvalue weighted by Crippen LogP contribution is -2.32. The van der Waals surface area contributed by atoms with Crippen LogP contribution in [0, 0.1) is 5.82 Å². The molecule has 0 aliphatic heterocycles. The van der Waals surface area contributed by atoms with Crippen molar-refractivity contribution in [2.45, 2.75) is 6.92 Å². The number of carbonyl (C=O) groups is 3. The Bertz CT molecular complexity index is 1280. The van der Waals surface area contributed by atoms with Crippen LogP contribution in [0.15, 0.2) is 71.8 Å². The maximum atomic E-state index is 13.6. The number of hydrazone groups is 1. The summed E-state index contributed by atoms with van der Waals surface area (Å²) < 4.78 is 29.9. The number of rotatable bonds is 10. The number of hydrogen-bond donors (Lipinski definition) is 3. The second kappa shape index (κ2) is 13.2. The van der Waals surface area contributed by atoms with E-state index < -0.39 is 17.6 Å². The summed E-state index contributed by atoms with van der Waals surface area (Å²) in [5.74, 6) is -1.83. The number of ether oxygens (including phenoxy) is 3. The molecule has 0 spiro atoms. The Balaban J connectivity index is 1.55. The maximum Gasteiger partial charge on any atom is 0.329 e. The van der Waals surface area contributed by atoms with Crippen LogP contribution in [0.5, 0.6) is 17.2 Å². The first-order chi connectivity index (χ1) is 17.9. The quantitative estimate of drug-likeness (QED) is 0.219. The molecule has 10 nitrogen and oxygen atoms in total. The van der Waals surface area contributed by atoms with Gasteiger partial charge in [-0.15, -0.1) is 0 Å². The van der Waals surface area contributed by atoms with Gasteiger partial charge in [-0.3, -0.25) is 14.4 Å². The second-order valence-corrected chi connectivity index (χ2v) is 7.34. The Morgan fingerprint density at radius 3 is 2.38 bits per heavy atom. The number of anilines is 2. The van der Waals surface area contributed by atoms with Crippen LogP contribution in [0.4, 0.5) is 15.8 Å². The molecule has 3 rings (SSSR count). The summed E-state index contributed by atoms with van der Waals surface area (Å²) >= 11 is 0. The number of carbonyl (C=O) groups excluding carboxylic acids is 3. The van der Waals surface area contributed by atoms with Crippen molar-refractivity contribution in [3.8, 4) is 17.2 Å². The molecule has 0 radical (unpaired) electrons. The first kappa shape index (κ1) is 26.7. The van der Waals surface area contributed by atoms with Gasteiger partial charge in [0.2, 0.25) is 0 Å².